The first-order valence-electron chi connectivity index (χ1n) is 5.16. The first-order chi connectivity index (χ1) is 7.92. The van der Waals surface area contributed by atoms with E-state index in [1.807, 2.05) is 0 Å². The lowest BCUT2D eigenvalue weighted by atomic mass is 10.4. The summed E-state index contributed by atoms with van der Waals surface area (Å²) in [6.45, 7) is 3.49. The van der Waals surface area contributed by atoms with E-state index >= 15 is 0 Å². The van der Waals surface area contributed by atoms with Gasteiger partial charge in [0.2, 0.25) is 0 Å². The van der Waals surface area contributed by atoms with Crippen molar-refractivity contribution in [2.45, 2.75) is 24.9 Å². The first kappa shape index (κ1) is 11.9. The molecule has 0 fully saturated rings. The second-order valence-corrected chi connectivity index (χ2v) is 5.64. The van der Waals surface area contributed by atoms with E-state index in [-0.39, 0.29) is 16.9 Å². The molecule has 2 heterocycles. The number of imidazole rings is 1. The number of fused-ring (bicyclic) bond motifs is 1. The van der Waals surface area contributed by atoms with Gasteiger partial charge in [-0.2, -0.15) is 0 Å². The zero-order chi connectivity index (χ0) is 12.6. The monoisotopic (exact) mass is 254 g/mol. The Morgan fingerprint density at radius 1 is 1.41 bits per heavy atom. The second-order valence-electron chi connectivity index (χ2n) is 4.01. The number of aromatic nitrogens is 2. The number of rotatable bonds is 3. The van der Waals surface area contributed by atoms with E-state index in [0.29, 0.717) is 5.65 Å². The van der Waals surface area contributed by atoms with Gasteiger partial charge in [-0.1, -0.05) is 6.07 Å². The van der Waals surface area contributed by atoms with Crippen molar-refractivity contribution in [3.8, 4) is 0 Å². The van der Waals surface area contributed by atoms with Crippen molar-refractivity contribution in [1.82, 2.24) is 14.1 Å². The number of sulfonamides is 1. The summed E-state index contributed by atoms with van der Waals surface area (Å²) >= 11 is 0. The van der Waals surface area contributed by atoms with Crippen LogP contribution in [0.4, 0.5) is 5.82 Å². The molecular formula is C10H14N4O2S. The minimum atomic E-state index is -3.65. The maximum absolute atomic E-state index is 12.1. The van der Waals surface area contributed by atoms with Gasteiger partial charge in [0.15, 0.2) is 10.8 Å². The Morgan fingerprint density at radius 3 is 2.76 bits per heavy atom. The maximum atomic E-state index is 12.1. The largest absolute Gasteiger partial charge is 0.381 e. The normalized spacial score (nSPS) is 12.4. The van der Waals surface area contributed by atoms with Crippen molar-refractivity contribution in [3.63, 3.8) is 0 Å². The van der Waals surface area contributed by atoms with Gasteiger partial charge in [-0.05, 0) is 26.0 Å². The quantitative estimate of drug-likeness (QED) is 0.839. The van der Waals surface area contributed by atoms with Crippen molar-refractivity contribution in [2.75, 3.05) is 5.73 Å². The van der Waals surface area contributed by atoms with E-state index < -0.39 is 10.0 Å². The van der Waals surface area contributed by atoms with E-state index in [4.69, 9.17) is 5.73 Å². The number of nitrogens with zero attached hydrogens (tertiary/aromatic N) is 2. The molecule has 7 heteroatoms. The molecule has 2 aromatic rings. The smallest absolute Gasteiger partial charge is 0.260 e. The van der Waals surface area contributed by atoms with Crippen LogP contribution in [0.1, 0.15) is 13.8 Å². The standard InChI is InChI=1S/C10H14N4O2S/c1-7(2)13-17(15,16)10-9(11)12-8-5-3-4-6-14(8)10/h3-7,13H,11H2,1-2H3. The summed E-state index contributed by atoms with van der Waals surface area (Å²) in [5.41, 5.74) is 6.17. The molecule has 0 aliphatic carbocycles. The maximum Gasteiger partial charge on any atom is 0.260 e. The van der Waals surface area contributed by atoms with Gasteiger partial charge in [0, 0.05) is 12.2 Å². The van der Waals surface area contributed by atoms with Gasteiger partial charge in [0.05, 0.1) is 0 Å². The highest BCUT2D eigenvalue weighted by Crippen LogP contribution is 2.19. The molecule has 0 saturated carbocycles. The molecular weight excluding hydrogens is 240 g/mol. The zero-order valence-corrected chi connectivity index (χ0v) is 10.4. The Balaban J connectivity index is 2.66. The van der Waals surface area contributed by atoms with Crippen LogP contribution in [0.15, 0.2) is 29.4 Å². The molecule has 3 N–H and O–H groups in total. The second kappa shape index (κ2) is 4.01. The van der Waals surface area contributed by atoms with Crippen molar-refractivity contribution in [3.05, 3.63) is 24.4 Å². The molecule has 2 rings (SSSR count). The predicted molar refractivity (Wildman–Crippen MR) is 65.1 cm³/mol. The fourth-order valence-corrected chi connectivity index (χ4v) is 3.09. The number of hydrogen-bond acceptors (Lipinski definition) is 4. The number of hydrogen-bond donors (Lipinski definition) is 2. The van der Waals surface area contributed by atoms with Crippen LogP contribution in [0.5, 0.6) is 0 Å². The van der Waals surface area contributed by atoms with Crippen molar-refractivity contribution in [2.24, 2.45) is 0 Å². The van der Waals surface area contributed by atoms with Crippen molar-refractivity contribution >= 4 is 21.5 Å². The molecule has 0 atom stereocenters. The summed E-state index contributed by atoms with van der Waals surface area (Å²) in [6.07, 6.45) is 1.62. The number of pyridine rings is 1. The molecule has 2 aromatic heterocycles. The summed E-state index contributed by atoms with van der Waals surface area (Å²) < 4.78 is 28.1. The zero-order valence-electron chi connectivity index (χ0n) is 9.58. The molecule has 0 aliphatic rings. The Morgan fingerprint density at radius 2 is 2.12 bits per heavy atom. The van der Waals surface area contributed by atoms with E-state index in [2.05, 4.69) is 9.71 Å². The average Bonchev–Trinajstić information content (AvgIpc) is 2.51. The number of nitrogens with one attached hydrogen (secondary N) is 1. The van der Waals surface area contributed by atoms with Gasteiger partial charge in [0.1, 0.15) is 5.65 Å². The molecule has 0 aliphatic heterocycles. The number of anilines is 1. The molecule has 0 amide bonds. The summed E-state index contributed by atoms with van der Waals surface area (Å²) in [4.78, 5) is 4.01. The van der Waals surface area contributed by atoms with Crippen LogP contribution >= 0.6 is 0 Å². The molecule has 0 saturated heterocycles. The third kappa shape index (κ3) is 2.11. The fraction of sp³-hybridized carbons (Fsp3) is 0.300. The van der Waals surface area contributed by atoms with Crippen LogP contribution in [-0.4, -0.2) is 23.8 Å². The highest BCUT2D eigenvalue weighted by Gasteiger charge is 2.24. The molecule has 0 spiro atoms. The SMILES string of the molecule is CC(C)NS(=O)(=O)c1c(N)nc2ccccn12. The highest BCUT2D eigenvalue weighted by atomic mass is 32.2. The summed E-state index contributed by atoms with van der Waals surface area (Å²) in [5, 5.41) is -0.0122. The van der Waals surface area contributed by atoms with Crippen LogP contribution in [0.2, 0.25) is 0 Å². The van der Waals surface area contributed by atoms with Crippen LogP contribution in [0.25, 0.3) is 5.65 Å². The number of nitrogen functional groups attached to an aromatic ring is 1. The lowest BCUT2D eigenvalue weighted by Crippen LogP contribution is -2.31. The van der Waals surface area contributed by atoms with Crippen LogP contribution in [0, 0.1) is 0 Å². The fourth-order valence-electron chi connectivity index (χ4n) is 1.62. The topological polar surface area (TPSA) is 89.5 Å². The van der Waals surface area contributed by atoms with Gasteiger partial charge < -0.3 is 5.73 Å². The minimum absolute atomic E-state index is 0.00403. The van der Waals surface area contributed by atoms with Gasteiger partial charge in [-0.3, -0.25) is 4.40 Å². The lowest BCUT2D eigenvalue weighted by Gasteiger charge is -2.09. The summed E-state index contributed by atoms with van der Waals surface area (Å²) in [7, 11) is -3.65. The molecule has 0 radical (unpaired) electrons. The molecule has 92 valence electrons. The predicted octanol–water partition coefficient (Wildman–Crippen LogP) is 0.603. The highest BCUT2D eigenvalue weighted by molar-refractivity contribution is 7.89. The Labute approximate surface area is 99.5 Å². The molecule has 17 heavy (non-hydrogen) atoms. The minimum Gasteiger partial charge on any atom is -0.381 e. The van der Waals surface area contributed by atoms with Gasteiger partial charge in [-0.25, -0.2) is 18.1 Å². The van der Waals surface area contributed by atoms with Gasteiger partial charge in [0.25, 0.3) is 10.0 Å². The summed E-state index contributed by atoms with van der Waals surface area (Å²) in [6, 6.07) is 5.00. The van der Waals surface area contributed by atoms with Crippen LogP contribution in [0.3, 0.4) is 0 Å². The van der Waals surface area contributed by atoms with Crippen molar-refractivity contribution in [1.29, 1.82) is 0 Å². The molecule has 0 aromatic carbocycles. The van der Waals surface area contributed by atoms with Crippen LogP contribution in [-0.2, 0) is 10.0 Å². The average molecular weight is 254 g/mol. The third-order valence-corrected chi connectivity index (χ3v) is 3.85. The molecule has 0 bridgehead atoms. The van der Waals surface area contributed by atoms with E-state index in [1.165, 1.54) is 4.40 Å². The lowest BCUT2D eigenvalue weighted by molar-refractivity contribution is 0.565. The Kier molecular flexibility index (Phi) is 2.80. The molecule has 0 unspecified atom stereocenters. The Bertz CT molecular complexity index is 645. The third-order valence-electron chi connectivity index (χ3n) is 2.16. The van der Waals surface area contributed by atoms with Gasteiger partial charge in [-0.15, -0.1) is 0 Å². The Hall–Kier alpha value is -1.60. The van der Waals surface area contributed by atoms with E-state index in [1.54, 1.807) is 38.2 Å². The van der Waals surface area contributed by atoms with Gasteiger partial charge >= 0.3 is 0 Å². The van der Waals surface area contributed by atoms with E-state index in [0.717, 1.165) is 0 Å². The summed E-state index contributed by atoms with van der Waals surface area (Å²) in [5.74, 6) is 0.00403. The van der Waals surface area contributed by atoms with Crippen LogP contribution < -0.4 is 10.5 Å². The number of nitrogens with two attached hydrogens (primary N) is 1. The van der Waals surface area contributed by atoms with E-state index in [9.17, 15) is 8.42 Å². The van der Waals surface area contributed by atoms with Crippen molar-refractivity contribution < 1.29 is 8.42 Å². The first-order valence-corrected chi connectivity index (χ1v) is 6.65. The molecule has 6 nitrogen and oxygen atoms in total.